The van der Waals surface area contributed by atoms with Crippen LogP contribution < -0.4 is 16.2 Å². The predicted molar refractivity (Wildman–Crippen MR) is 101 cm³/mol. The van der Waals surface area contributed by atoms with Crippen molar-refractivity contribution >= 4 is 43.3 Å². The van der Waals surface area contributed by atoms with E-state index in [-0.39, 0.29) is 11.3 Å². The van der Waals surface area contributed by atoms with E-state index in [1.165, 1.54) is 34.4 Å². The van der Waals surface area contributed by atoms with Crippen molar-refractivity contribution in [2.75, 3.05) is 24.7 Å². The second kappa shape index (κ2) is 5.45. The average molecular weight is 353 g/mol. The summed E-state index contributed by atoms with van der Waals surface area (Å²) in [5.41, 5.74) is 7.85. The molecule has 4 aromatic rings. The molecule has 0 spiro atoms. The fraction of sp³-hybridized carbons (Fsp3) is 0.118. The van der Waals surface area contributed by atoms with Gasteiger partial charge in [-0.25, -0.2) is 9.97 Å². The van der Waals surface area contributed by atoms with Crippen LogP contribution in [0.5, 0.6) is 5.75 Å². The Bertz CT molecular complexity index is 1160. The number of pyridine rings is 1. The number of nitrogens with zero attached hydrogens (tertiary/aromatic N) is 4. The SMILES string of the molecule is CN(C)c1cc(N)nc2sc3c(=O)n(-c4ccc(O)cc4)cnc3c12. The smallest absolute Gasteiger partial charge is 0.275 e. The van der Waals surface area contributed by atoms with E-state index in [4.69, 9.17) is 5.73 Å². The molecule has 4 rings (SSSR count). The fourth-order valence-electron chi connectivity index (χ4n) is 2.78. The van der Waals surface area contributed by atoms with Gasteiger partial charge in [-0.05, 0) is 24.3 Å². The van der Waals surface area contributed by atoms with Gasteiger partial charge in [-0.3, -0.25) is 9.36 Å². The molecular formula is C17H15N5O2S. The average Bonchev–Trinajstić information content (AvgIpc) is 2.94. The van der Waals surface area contributed by atoms with E-state index in [2.05, 4.69) is 9.97 Å². The summed E-state index contributed by atoms with van der Waals surface area (Å²) in [5.74, 6) is 0.546. The number of thiophene rings is 1. The van der Waals surface area contributed by atoms with Gasteiger partial charge in [0.05, 0.1) is 16.8 Å². The molecule has 0 bridgehead atoms. The zero-order valence-electron chi connectivity index (χ0n) is 13.6. The van der Waals surface area contributed by atoms with E-state index >= 15 is 0 Å². The molecule has 3 aromatic heterocycles. The lowest BCUT2D eigenvalue weighted by Crippen LogP contribution is -2.17. The quantitative estimate of drug-likeness (QED) is 0.574. The van der Waals surface area contributed by atoms with E-state index < -0.39 is 0 Å². The molecule has 0 aliphatic carbocycles. The Labute approximate surface area is 146 Å². The Morgan fingerprint density at radius 3 is 2.64 bits per heavy atom. The molecule has 126 valence electrons. The standard InChI is InChI=1S/C17H15N5O2S/c1-21(2)11-7-12(18)20-16-13(11)14-15(25-16)17(24)22(8-19-14)9-3-5-10(23)6-4-9/h3-8,23H,1-2H3,(H2,18,20). The highest BCUT2D eigenvalue weighted by molar-refractivity contribution is 7.25. The summed E-state index contributed by atoms with van der Waals surface area (Å²) in [6.07, 6.45) is 1.50. The van der Waals surface area contributed by atoms with Crippen molar-refractivity contribution in [3.63, 3.8) is 0 Å². The van der Waals surface area contributed by atoms with E-state index in [1.54, 1.807) is 18.2 Å². The van der Waals surface area contributed by atoms with Gasteiger partial charge in [-0.15, -0.1) is 11.3 Å². The zero-order valence-corrected chi connectivity index (χ0v) is 14.4. The molecule has 0 saturated heterocycles. The lowest BCUT2D eigenvalue weighted by molar-refractivity contribution is 0.475. The van der Waals surface area contributed by atoms with Crippen LogP contribution in [-0.2, 0) is 0 Å². The Morgan fingerprint density at radius 1 is 1.24 bits per heavy atom. The number of anilines is 2. The molecule has 0 unspecified atom stereocenters. The highest BCUT2D eigenvalue weighted by atomic mass is 32.1. The number of nitrogen functional groups attached to an aromatic ring is 1. The van der Waals surface area contributed by atoms with Crippen LogP contribution in [0.25, 0.3) is 26.1 Å². The minimum atomic E-state index is -0.179. The minimum Gasteiger partial charge on any atom is -0.508 e. The van der Waals surface area contributed by atoms with Gasteiger partial charge in [-0.1, -0.05) is 0 Å². The second-order valence-corrected chi connectivity index (χ2v) is 6.86. The number of fused-ring (bicyclic) bond motifs is 3. The minimum absolute atomic E-state index is 0.142. The monoisotopic (exact) mass is 353 g/mol. The molecule has 0 saturated carbocycles. The molecule has 7 nitrogen and oxygen atoms in total. The summed E-state index contributed by atoms with van der Waals surface area (Å²) < 4.78 is 1.97. The van der Waals surface area contributed by atoms with Crippen molar-refractivity contribution in [1.29, 1.82) is 0 Å². The van der Waals surface area contributed by atoms with Crippen LogP contribution in [0.4, 0.5) is 11.5 Å². The van der Waals surface area contributed by atoms with E-state index in [1.807, 2.05) is 19.0 Å². The molecule has 1 aromatic carbocycles. The summed E-state index contributed by atoms with van der Waals surface area (Å²) in [4.78, 5) is 24.4. The maximum Gasteiger partial charge on any atom is 0.275 e. The van der Waals surface area contributed by atoms with Gasteiger partial charge in [0.1, 0.15) is 32.9 Å². The third-order valence-electron chi connectivity index (χ3n) is 3.96. The van der Waals surface area contributed by atoms with Crippen molar-refractivity contribution in [1.82, 2.24) is 14.5 Å². The van der Waals surface area contributed by atoms with E-state index in [9.17, 15) is 9.90 Å². The second-order valence-electron chi connectivity index (χ2n) is 5.86. The number of phenols is 1. The van der Waals surface area contributed by atoms with Crippen molar-refractivity contribution < 1.29 is 5.11 Å². The Balaban J connectivity index is 2.05. The highest BCUT2D eigenvalue weighted by Gasteiger charge is 2.18. The molecule has 0 radical (unpaired) electrons. The molecule has 0 amide bonds. The van der Waals surface area contributed by atoms with Crippen molar-refractivity contribution in [2.45, 2.75) is 0 Å². The molecule has 0 fully saturated rings. The van der Waals surface area contributed by atoms with Gasteiger partial charge in [0.25, 0.3) is 5.56 Å². The fourth-order valence-corrected chi connectivity index (χ4v) is 3.86. The normalized spacial score (nSPS) is 11.3. The van der Waals surface area contributed by atoms with Crippen LogP contribution in [-0.4, -0.2) is 33.7 Å². The number of nitrogens with two attached hydrogens (primary N) is 1. The largest absolute Gasteiger partial charge is 0.508 e. The number of hydrogen-bond acceptors (Lipinski definition) is 7. The van der Waals surface area contributed by atoms with Gasteiger partial charge >= 0.3 is 0 Å². The van der Waals surface area contributed by atoms with Crippen LogP contribution in [0.2, 0.25) is 0 Å². The van der Waals surface area contributed by atoms with Crippen LogP contribution in [0.3, 0.4) is 0 Å². The van der Waals surface area contributed by atoms with Crippen molar-refractivity contribution in [3.8, 4) is 11.4 Å². The maximum atomic E-state index is 12.9. The Morgan fingerprint density at radius 2 is 1.96 bits per heavy atom. The first-order valence-corrected chi connectivity index (χ1v) is 8.34. The highest BCUT2D eigenvalue weighted by Crippen LogP contribution is 2.36. The number of aromatic nitrogens is 3. The van der Waals surface area contributed by atoms with Gasteiger partial charge < -0.3 is 15.7 Å². The number of phenolic OH excluding ortho intramolecular Hbond substituents is 1. The summed E-state index contributed by atoms with van der Waals surface area (Å²) >= 11 is 1.28. The molecule has 3 heterocycles. The number of rotatable bonds is 2. The summed E-state index contributed by atoms with van der Waals surface area (Å²) in [5, 5.41) is 10.3. The number of hydrogen-bond donors (Lipinski definition) is 2. The lowest BCUT2D eigenvalue weighted by Gasteiger charge is -2.14. The molecule has 8 heteroatoms. The van der Waals surface area contributed by atoms with Gasteiger partial charge in [0, 0.05) is 20.2 Å². The molecule has 3 N–H and O–H groups in total. The van der Waals surface area contributed by atoms with Crippen molar-refractivity contribution in [2.24, 2.45) is 0 Å². The van der Waals surface area contributed by atoms with E-state index in [0.717, 1.165) is 11.1 Å². The predicted octanol–water partition coefficient (Wildman–Crippen LogP) is 2.35. The Hall–Kier alpha value is -3.13. The molecular weight excluding hydrogens is 338 g/mol. The Kier molecular flexibility index (Phi) is 3.36. The first-order chi connectivity index (χ1) is 12.0. The summed E-state index contributed by atoms with van der Waals surface area (Å²) in [6, 6.07) is 8.17. The van der Waals surface area contributed by atoms with Crippen LogP contribution >= 0.6 is 11.3 Å². The number of benzene rings is 1. The first-order valence-electron chi connectivity index (χ1n) is 7.53. The summed E-state index contributed by atoms with van der Waals surface area (Å²) in [6.45, 7) is 0. The maximum absolute atomic E-state index is 12.9. The third-order valence-corrected chi connectivity index (χ3v) is 5.02. The molecule has 25 heavy (non-hydrogen) atoms. The first kappa shape index (κ1) is 15.4. The topological polar surface area (TPSA) is 97.3 Å². The van der Waals surface area contributed by atoms with Crippen molar-refractivity contribution in [3.05, 3.63) is 47.0 Å². The van der Waals surface area contributed by atoms with Gasteiger partial charge in [-0.2, -0.15) is 0 Å². The number of aromatic hydroxyl groups is 1. The van der Waals surface area contributed by atoms with Crippen LogP contribution in [0.1, 0.15) is 0 Å². The molecule has 0 atom stereocenters. The van der Waals surface area contributed by atoms with Gasteiger partial charge in [0.2, 0.25) is 0 Å². The lowest BCUT2D eigenvalue weighted by atomic mass is 10.2. The molecule has 0 aliphatic heterocycles. The van der Waals surface area contributed by atoms with Gasteiger partial charge in [0.15, 0.2) is 0 Å². The van der Waals surface area contributed by atoms with Crippen LogP contribution in [0, 0.1) is 0 Å². The third kappa shape index (κ3) is 2.38. The van der Waals surface area contributed by atoms with E-state index in [0.29, 0.717) is 26.6 Å². The molecule has 0 aliphatic rings. The zero-order chi connectivity index (χ0) is 17.7. The van der Waals surface area contributed by atoms with Crippen LogP contribution in [0.15, 0.2) is 41.5 Å². The summed E-state index contributed by atoms with van der Waals surface area (Å²) in [7, 11) is 3.82.